The minimum absolute atomic E-state index is 0.317. The zero-order chi connectivity index (χ0) is 27.7. The van der Waals surface area contributed by atoms with Crippen LogP contribution in [0.15, 0.2) is 120 Å². The first-order valence-corrected chi connectivity index (χ1v) is 16.0. The summed E-state index contributed by atoms with van der Waals surface area (Å²) in [5, 5.41) is 0. The lowest BCUT2D eigenvalue weighted by Crippen LogP contribution is -2.31. The first kappa shape index (κ1) is 24.6. The molecule has 8 rings (SSSR count). The van der Waals surface area contributed by atoms with Crippen molar-refractivity contribution in [1.29, 1.82) is 0 Å². The predicted octanol–water partition coefficient (Wildman–Crippen LogP) is 8.66. The molecule has 0 radical (unpaired) electrons. The van der Waals surface area contributed by atoms with Gasteiger partial charge in [-0.05, 0) is 95.2 Å². The zero-order valence-corrected chi connectivity index (χ0v) is 23.9. The average Bonchev–Trinajstić information content (AvgIpc) is 3.92. The standard InChI is InChI=1S/C37H31NO2S/c1-24-15-21-29(22-16-24)41(39,40)38-23-32-34(25-9-4-2-5-10-25)33(26-17-18-26)30-13-8-14-31(36(30)32)35(27-19-20-27)37(38)28-11-6-3-7-12-28/h2-16,21-23,26,37H,17-20H2,1H3. The molecule has 0 bridgehead atoms. The number of hydrogen-bond donors (Lipinski definition) is 0. The van der Waals surface area contributed by atoms with Crippen LogP contribution in [0.2, 0.25) is 0 Å². The second-order valence-electron chi connectivity index (χ2n) is 11.7. The van der Waals surface area contributed by atoms with Crippen molar-refractivity contribution in [2.24, 2.45) is 5.92 Å². The van der Waals surface area contributed by atoms with E-state index >= 15 is 0 Å². The minimum Gasteiger partial charge on any atom is -0.261 e. The monoisotopic (exact) mass is 553 g/mol. The maximum absolute atomic E-state index is 14.8. The van der Waals surface area contributed by atoms with Crippen molar-refractivity contribution in [3.63, 3.8) is 0 Å². The second kappa shape index (κ2) is 9.19. The first-order chi connectivity index (χ1) is 20.0. The molecule has 1 atom stereocenters. The fourth-order valence-electron chi connectivity index (χ4n) is 6.72. The van der Waals surface area contributed by atoms with Crippen molar-refractivity contribution in [3.8, 4) is 0 Å². The van der Waals surface area contributed by atoms with E-state index < -0.39 is 16.1 Å². The normalized spacial score (nSPS) is 19.7. The fourth-order valence-corrected chi connectivity index (χ4v) is 8.19. The molecule has 202 valence electrons. The van der Waals surface area contributed by atoms with E-state index in [4.69, 9.17) is 0 Å². The van der Waals surface area contributed by atoms with Gasteiger partial charge in [0.1, 0.15) is 0 Å². The Morgan fingerprint density at radius 1 is 0.707 bits per heavy atom. The van der Waals surface area contributed by atoms with Crippen LogP contribution in [0.3, 0.4) is 0 Å². The summed E-state index contributed by atoms with van der Waals surface area (Å²) < 4.78 is 31.2. The van der Waals surface area contributed by atoms with E-state index in [-0.39, 0.29) is 0 Å². The summed E-state index contributed by atoms with van der Waals surface area (Å²) in [6.07, 6.45) is 6.33. The molecule has 1 aliphatic heterocycles. The van der Waals surface area contributed by atoms with Crippen LogP contribution in [0.25, 0.3) is 22.3 Å². The van der Waals surface area contributed by atoms with Crippen LogP contribution in [0.5, 0.6) is 0 Å². The zero-order valence-electron chi connectivity index (χ0n) is 23.0. The molecule has 41 heavy (non-hydrogen) atoms. The molecule has 0 saturated heterocycles. The van der Waals surface area contributed by atoms with Crippen molar-refractivity contribution in [2.45, 2.75) is 43.5 Å². The third kappa shape index (κ3) is 3.96. The highest BCUT2D eigenvalue weighted by Gasteiger charge is 2.44. The summed E-state index contributed by atoms with van der Waals surface area (Å²) in [7, 11) is -3.90. The molecule has 0 N–H and O–H groups in total. The van der Waals surface area contributed by atoms with Crippen LogP contribution in [-0.2, 0) is 10.0 Å². The molecule has 4 aromatic rings. The number of allylic oxidation sites excluding steroid dienone is 4. The Morgan fingerprint density at radius 2 is 1.34 bits per heavy atom. The largest absolute Gasteiger partial charge is 0.264 e. The third-order valence-corrected chi connectivity index (χ3v) is 10.6. The van der Waals surface area contributed by atoms with Gasteiger partial charge in [-0.3, -0.25) is 4.31 Å². The number of rotatable bonds is 5. The Labute approximate surface area is 242 Å². The SMILES string of the molecule is Cc1ccc(S(=O)(=O)N2C=C3C(c4ccccc4)=C(C4CC4)c4cccc(c43)C(=C3CC3)C2c2ccccc2)cc1. The summed E-state index contributed by atoms with van der Waals surface area (Å²) in [6.45, 7) is 1.99. The summed E-state index contributed by atoms with van der Waals surface area (Å²) in [6, 6.07) is 34.2. The van der Waals surface area contributed by atoms with Gasteiger partial charge in [0.25, 0.3) is 10.0 Å². The van der Waals surface area contributed by atoms with E-state index in [1.54, 1.807) is 16.4 Å². The molecular weight excluding hydrogens is 522 g/mol. The number of aryl methyl sites for hydroxylation is 1. The van der Waals surface area contributed by atoms with Crippen LogP contribution >= 0.6 is 0 Å². The minimum atomic E-state index is -3.90. The van der Waals surface area contributed by atoms with Crippen molar-refractivity contribution < 1.29 is 8.42 Å². The molecule has 0 spiro atoms. The van der Waals surface area contributed by atoms with Gasteiger partial charge < -0.3 is 0 Å². The Kier molecular flexibility index (Phi) is 5.52. The molecule has 4 aliphatic rings. The molecule has 2 saturated carbocycles. The quantitative estimate of drug-likeness (QED) is 0.248. The van der Waals surface area contributed by atoms with Crippen LogP contribution in [0, 0.1) is 12.8 Å². The van der Waals surface area contributed by atoms with E-state index in [0.717, 1.165) is 40.7 Å². The molecule has 1 heterocycles. The molecule has 4 aromatic carbocycles. The Hall–Kier alpha value is -4.15. The number of hydrogen-bond acceptors (Lipinski definition) is 2. The van der Waals surface area contributed by atoms with Crippen molar-refractivity contribution >= 4 is 32.3 Å². The number of sulfonamides is 1. The lowest BCUT2D eigenvalue weighted by atomic mass is 9.87. The van der Waals surface area contributed by atoms with Crippen LogP contribution in [0.4, 0.5) is 0 Å². The molecule has 3 aliphatic carbocycles. The van der Waals surface area contributed by atoms with Crippen molar-refractivity contribution in [2.75, 3.05) is 0 Å². The third-order valence-electron chi connectivity index (χ3n) is 8.88. The lowest BCUT2D eigenvalue weighted by Gasteiger charge is -2.32. The van der Waals surface area contributed by atoms with Gasteiger partial charge in [0, 0.05) is 11.8 Å². The van der Waals surface area contributed by atoms with Gasteiger partial charge in [-0.2, -0.15) is 0 Å². The van der Waals surface area contributed by atoms with Gasteiger partial charge in [0.15, 0.2) is 0 Å². The highest BCUT2D eigenvalue weighted by molar-refractivity contribution is 7.89. The van der Waals surface area contributed by atoms with Crippen molar-refractivity contribution in [1.82, 2.24) is 4.31 Å². The number of benzene rings is 4. The molecular formula is C37H31NO2S. The molecule has 0 amide bonds. The van der Waals surface area contributed by atoms with E-state index in [1.165, 1.54) is 46.3 Å². The van der Waals surface area contributed by atoms with Crippen molar-refractivity contribution in [3.05, 3.63) is 148 Å². The average molecular weight is 554 g/mol. The van der Waals surface area contributed by atoms with Crippen LogP contribution in [0.1, 0.15) is 65.1 Å². The van der Waals surface area contributed by atoms with E-state index in [9.17, 15) is 8.42 Å². The smallest absolute Gasteiger partial charge is 0.261 e. The van der Waals surface area contributed by atoms with E-state index in [0.29, 0.717) is 10.8 Å². The topological polar surface area (TPSA) is 37.4 Å². The number of nitrogens with zero attached hydrogens (tertiary/aromatic N) is 1. The summed E-state index contributed by atoms with van der Waals surface area (Å²) in [5.41, 5.74) is 12.9. The molecule has 2 fully saturated rings. The fraction of sp³-hybridized carbons (Fsp3) is 0.189. The maximum atomic E-state index is 14.8. The highest BCUT2D eigenvalue weighted by Crippen LogP contribution is 2.60. The Balaban J connectivity index is 1.47. The lowest BCUT2D eigenvalue weighted by molar-refractivity contribution is 0.467. The molecule has 0 aromatic heterocycles. The Morgan fingerprint density at radius 3 is 1.98 bits per heavy atom. The molecule has 1 unspecified atom stereocenters. The summed E-state index contributed by atoms with van der Waals surface area (Å²) in [5.74, 6) is 0.508. The summed E-state index contributed by atoms with van der Waals surface area (Å²) >= 11 is 0. The van der Waals surface area contributed by atoms with Gasteiger partial charge in [0.05, 0.1) is 10.9 Å². The molecule has 3 nitrogen and oxygen atoms in total. The second-order valence-corrected chi connectivity index (χ2v) is 13.5. The predicted molar refractivity (Wildman–Crippen MR) is 166 cm³/mol. The molecule has 4 heteroatoms. The van der Waals surface area contributed by atoms with Gasteiger partial charge in [-0.15, -0.1) is 0 Å². The Bertz CT molecular complexity index is 1890. The highest BCUT2D eigenvalue weighted by atomic mass is 32.2. The van der Waals surface area contributed by atoms with Crippen LogP contribution < -0.4 is 0 Å². The summed E-state index contributed by atoms with van der Waals surface area (Å²) in [4.78, 5) is 0.317. The maximum Gasteiger partial charge on any atom is 0.264 e. The van der Waals surface area contributed by atoms with Gasteiger partial charge >= 0.3 is 0 Å². The van der Waals surface area contributed by atoms with Crippen LogP contribution in [-0.4, -0.2) is 12.7 Å². The van der Waals surface area contributed by atoms with E-state index in [1.807, 2.05) is 49.5 Å². The first-order valence-electron chi connectivity index (χ1n) is 14.6. The van der Waals surface area contributed by atoms with Gasteiger partial charge in [-0.25, -0.2) is 8.42 Å². The van der Waals surface area contributed by atoms with Gasteiger partial charge in [-0.1, -0.05) is 102 Å². The van der Waals surface area contributed by atoms with Gasteiger partial charge in [0.2, 0.25) is 0 Å². The van der Waals surface area contributed by atoms with E-state index in [2.05, 4.69) is 54.6 Å².